The Morgan fingerprint density at radius 3 is 2.54 bits per heavy atom. The molecule has 1 N–H and O–H groups in total. The normalized spacial score (nSPS) is 14.6. The van der Waals surface area contributed by atoms with Gasteiger partial charge in [0.15, 0.2) is 0 Å². The Labute approximate surface area is 157 Å². The van der Waals surface area contributed by atoms with Gasteiger partial charge in [-0.15, -0.1) is 0 Å². The molecule has 0 aromatic heterocycles. The Hall–Kier alpha value is -2.40. The third-order valence-electron chi connectivity index (χ3n) is 4.65. The first-order chi connectivity index (χ1) is 12.4. The molecule has 2 aromatic rings. The quantitative estimate of drug-likeness (QED) is 0.780. The fourth-order valence-electron chi connectivity index (χ4n) is 2.99. The molecule has 2 aromatic carbocycles. The number of benzene rings is 2. The van der Waals surface area contributed by atoms with E-state index in [4.69, 9.17) is 11.6 Å². The molecule has 0 saturated heterocycles. The lowest BCUT2D eigenvalue weighted by atomic mass is 10.0. The van der Waals surface area contributed by atoms with Crippen LogP contribution in [0.1, 0.15) is 25.3 Å². The summed E-state index contributed by atoms with van der Waals surface area (Å²) in [5.74, 6) is -1.15. The summed E-state index contributed by atoms with van der Waals surface area (Å²) >= 11 is 5.76. The van der Waals surface area contributed by atoms with Crippen LogP contribution in [0.4, 0.5) is 15.8 Å². The van der Waals surface area contributed by atoms with Crippen molar-refractivity contribution in [1.29, 1.82) is 0 Å². The van der Waals surface area contributed by atoms with Crippen molar-refractivity contribution in [2.75, 3.05) is 16.8 Å². The zero-order valence-electron chi connectivity index (χ0n) is 14.7. The molecule has 1 saturated carbocycles. The van der Waals surface area contributed by atoms with E-state index in [1.807, 2.05) is 38.1 Å². The molecule has 6 heteroatoms. The van der Waals surface area contributed by atoms with E-state index >= 15 is 0 Å². The number of aryl methyl sites for hydroxylation is 1. The van der Waals surface area contributed by atoms with E-state index in [9.17, 15) is 14.0 Å². The standard InChI is InChI=1S/C20H20ClFN2O2/c1-3-24(15-6-4-5-13(2)11-15)19(26)20(9-10-20)18(25)23-14-7-8-17(22)16(21)12-14/h4-8,11-12H,3,9-10H2,1-2H3,(H,23,25). The largest absolute Gasteiger partial charge is 0.325 e. The van der Waals surface area contributed by atoms with Crippen molar-refractivity contribution in [2.45, 2.75) is 26.7 Å². The van der Waals surface area contributed by atoms with Crippen molar-refractivity contribution >= 4 is 34.8 Å². The first-order valence-electron chi connectivity index (χ1n) is 8.52. The van der Waals surface area contributed by atoms with Crippen LogP contribution in [0, 0.1) is 18.2 Å². The predicted molar refractivity (Wildman–Crippen MR) is 101 cm³/mol. The van der Waals surface area contributed by atoms with Crippen LogP contribution in [0.2, 0.25) is 5.02 Å². The zero-order valence-corrected chi connectivity index (χ0v) is 15.4. The van der Waals surface area contributed by atoms with Gasteiger partial charge >= 0.3 is 0 Å². The summed E-state index contributed by atoms with van der Waals surface area (Å²) in [6, 6.07) is 11.6. The van der Waals surface area contributed by atoms with Crippen LogP contribution in [-0.2, 0) is 9.59 Å². The molecule has 1 fully saturated rings. The highest BCUT2D eigenvalue weighted by Crippen LogP contribution is 2.48. The molecule has 136 valence electrons. The molecule has 26 heavy (non-hydrogen) atoms. The number of carbonyl (C=O) groups excluding carboxylic acids is 2. The van der Waals surface area contributed by atoms with Crippen LogP contribution in [0.25, 0.3) is 0 Å². The van der Waals surface area contributed by atoms with Crippen molar-refractivity contribution in [2.24, 2.45) is 5.41 Å². The van der Waals surface area contributed by atoms with E-state index in [1.165, 1.54) is 18.2 Å². The van der Waals surface area contributed by atoms with Crippen molar-refractivity contribution in [3.8, 4) is 0 Å². The van der Waals surface area contributed by atoms with Crippen LogP contribution in [-0.4, -0.2) is 18.4 Å². The Morgan fingerprint density at radius 1 is 1.23 bits per heavy atom. The lowest BCUT2D eigenvalue weighted by molar-refractivity contribution is -0.132. The van der Waals surface area contributed by atoms with E-state index in [-0.39, 0.29) is 16.8 Å². The van der Waals surface area contributed by atoms with E-state index < -0.39 is 11.2 Å². The van der Waals surface area contributed by atoms with Crippen LogP contribution in [0.5, 0.6) is 0 Å². The second kappa shape index (κ2) is 7.08. The number of nitrogens with zero attached hydrogens (tertiary/aromatic N) is 1. The Morgan fingerprint density at radius 2 is 1.96 bits per heavy atom. The van der Waals surface area contributed by atoms with Crippen molar-refractivity contribution < 1.29 is 14.0 Å². The number of hydrogen-bond acceptors (Lipinski definition) is 2. The first-order valence-corrected chi connectivity index (χ1v) is 8.90. The van der Waals surface area contributed by atoms with Gasteiger partial charge in [0, 0.05) is 17.9 Å². The SMILES string of the molecule is CCN(C(=O)C1(C(=O)Nc2ccc(F)c(Cl)c2)CC1)c1cccc(C)c1. The average molecular weight is 375 g/mol. The highest BCUT2D eigenvalue weighted by molar-refractivity contribution is 6.31. The fraction of sp³-hybridized carbons (Fsp3) is 0.300. The van der Waals surface area contributed by atoms with Gasteiger partial charge in [-0.1, -0.05) is 23.7 Å². The minimum atomic E-state index is -1.07. The third-order valence-corrected chi connectivity index (χ3v) is 4.94. The van der Waals surface area contributed by atoms with Crippen molar-refractivity contribution in [3.63, 3.8) is 0 Å². The second-order valence-electron chi connectivity index (χ2n) is 6.55. The molecule has 2 amide bonds. The molecule has 1 aliphatic carbocycles. The highest BCUT2D eigenvalue weighted by atomic mass is 35.5. The first kappa shape index (κ1) is 18.4. The van der Waals surface area contributed by atoms with Gasteiger partial charge < -0.3 is 10.2 Å². The summed E-state index contributed by atoms with van der Waals surface area (Å²) in [4.78, 5) is 27.5. The number of halogens is 2. The Kier molecular flexibility index (Phi) is 5.01. The Balaban J connectivity index is 1.81. The summed E-state index contributed by atoms with van der Waals surface area (Å²) < 4.78 is 13.3. The molecular weight excluding hydrogens is 355 g/mol. The van der Waals surface area contributed by atoms with Crippen molar-refractivity contribution in [1.82, 2.24) is 0 Å². The number of rotatable bonds is 5. The molecule has 1 aliphatic rings. The molecule has 0 radical (unpaired) electrons. The van der Waals surface area contributed by atoms with Gasteiger partial charge in [-0.3, -0.25) is 9.59 Å². The number of anilines is 2. The van der Waals surface area contributed by atoms with Gasteiger partial charge in [0.25, 0.3) is 0 Å². The lowest BCUT2D eigenvalue weighted by Gasteiger charge is -2.26. The number of nitrogens with one attached hydrogen (secondary N) is 1. The lowest BCUT2D eigenvalue weighted by Crippen LogP contribution is -2.43. The van der Waals surface area contributed by atoms with Gasteiger partial charge in [-0.25, -0.2) is 4.39 Å². The molecule has 0 aliphatic heterocycles. The number of hydrogen-bond donors (Lipinski definition) is 1. The summed E-state index contributed by atoms with van der Waals surface area (Å²) in [6.07, 6.45) is 0.990. The minimum Gasteiger partial charge on any atom is -0.325 e. The number of amides is 2. The van der Waals surface area contributed by atoms with E-state index in [0.717, 1.165) is 11.3 Å². The summed E-state index contributed by atoms with van der Waals surface area (Å²) in [5, 5.41) is 2.62. The van der Waals surface area contributed by atoms with Crippen LogP contribution in [0.3, 0.4) is 0 Å². The van der Waals surface area contributed by atoms with E-state index in [1.54, 1.807) is 4.90 Å². The van der Waals surface area contributed by atoms with Crippen LogP contribution in [0.15, 0.2) is 42.5 Å². The molecule has 0 bridgehead atoms. The zero-order chi connectivity index (χ0) is 18.9. The smallest absolute Gasteiger partial charge is 0.242 e. The Bertz CT molecular complexity index is 865. The van der Waals surface area contributed by atoms with Crippen LogP contribution < -0.4 is 10.2 Å². The summed E-state index contributed by atoms with van der Waals surface area (Å²) in [5.41, 5.74) is 1.13. The van der Waals surface area contributed by atoms with Crippen molar-refractivity contribution in [3.05, 3.63) is 58.9 Å². The molecule has 0 spiro atoms. The topological polar surface area (TPSA) is 49.4 Å². The van der Waals surface area contributed by atoms with Gasteiger partial charge in [0.05, 0.1) is 5.02 Å². The van der Waals surface area contributed by atoms with Gasteiger partial charge in [0.2, 0.25) is 11.8 Å². The van der Waals surface area contributed by atoms with Crippen LogP contribution >= 0.6 is 11.6 Å². The van der Waals surface area contributed by atoms with Gasteiger partial charge in [-0.05, 0) is 62.6 Å². The molecule has 0 heterocycles. The fourth-order valence-corrected chi connectivity index (χ4v) is 3.17. The maximum atomic E-state index is 13.3. The maximum Gasteiger partial charge on any atom is 0.242 e. The molecule has 4 nitrogen and oxygen atoms in total. The van der Waals surface area contributed by atoms with Gasteiger partial charge in [-0.2, -0.15) is 0 Å². The molecular formula is C20H20ClFN2O2. The van der Waals surface area contributed by atoms with E-state index in [0.29, 0.717) is 25.1 Å². The summed E-state index contributed by atoms with van der Waals surface area (Å²) in [6.45, 7) is 4.31. The average Bonchev–Trinajstić information content (AvgIpc) is 3.41. The van der Waals surface area contributed by atoms with Gasteiger partial charge in [0.1, 0.15) is 11.2 Å². The molecule has 0 atom stereocenters. The number of carbonyl (C=O) groups is 2. The molecule has 3 rings (SSSR count). The second-order valence-corrected chi connectivity index (χ2v) is 6.96. The maximum absolute atomic E-state index is 13.3. The summed E-state index contributed by atoms with van der Waals surface area (Å²) in [7, 11) is 0. The monoisotopic (exact) mass is 374 g/mol. The van der Waals surface area contributed by atoms with E-state index in [2.05, 4.69) is 5.32 Å². The predicted octanol–water partition coefficient (Wildman–Crippen LogP) is 4.56. The molecule has 0 unspecified atom stereocenters. The minimum absolute atomic E-state index is 0.0751. The highest BCUT2D eigenvalue weighted by Gasteiger charge is 2.58. The third kappa shape index (κ3) is 3.44.